The van der Waals surface area contributed by atoms with Crippen molar-refractivity contribution in [3.05, 3.63) is 94.9 Å². The number of hydrogen-bond donors (Lipinski definition) is 1. The molecule has 0 saturated carbocycles. The molecule has 1 fully saturated rings. The van der Waals surface area contributed by atoms with Gasteiger partial charge in [-0.25, -0.2) is 0 Å². The van der Waals surface area contributed by atoms with Crippen LogP contribution in [0.15, 0.2) is 83.8 Å². The van der Waals surface area contributed by atoms with Crippen molar-refractivity contribution in [1.82, 2.24) is 5.32 Å². The zero-order chi connectivity index (χ0) is 19.3. The predicted octanol–water partition coefficient (Wildman–Crippen LogP) is 5.26. The van der Waals surface area contributed by atoms with Gasteiger partial charge in [-0.1, -0.05) is 66.7 Å². The molecule has 0 aromatic heterocycles. The van der Waals surface area contributed by atoms with Crippen molar-refractivity contribution in [3.63, 3.8) is 0 Å². The van der Waals surface area contributed by atoms with E-state index >= 15 is 0 Å². The summed E-state index contributed by atoms with van der Waals surface area (Å²) in [6.45, 7) is 0.474. The Morgan fingerprint density at radius 1 is 0.821 bits per heavy atom. The Morgan fingerprint density at radius 3 is 2.14 bits per heavy atom. The zero-order valence-corrected chi connectivity index (χ0v) is 15.7. The molecule has 0 spiro atoms. The Bertz CT molecular complexity index is 1030. The summed E-state index contributed by atoms with van der Waals surface area (Å²) in [5, 5.41) is 1.90. The molecule has 4 rings (SSSR count). The molecule has 0 bridgehead atoms. The smallest absolute Gasteiger partial charge is 0.290 e. The molecule has 1 heterocycles. The molecule has 1 aliphatic heterocycles. The molecule has 1 aliphatic rings. The van der Waals surface area contributed by atoms with Crippen molar-refractivity contribution in [1.29, 1.82) is 0 Å². The molecular formula is C23H17NO3S. The third-order valence-electron chi connectivity index (χ3n) is 4.29. The number of thioether (sulfide) groups is 1. The number of carbonyl (C=O) groups is 2. The maximum Gasteiger partial charge on any atom is 0.290 e. The van der Waals surface area contributed by atoms with Gasteiger partial charge >= 0.3 is 0 Å². The Morgan fingerprint density at radius 2 is 1.50 bits per heavy atom. The van der Waals surface area contributed by atoms with Crippen molar-refractivity contribution in [3.8, 4) is 16.9 Å². The molecule has 0 radical (unpaired) electrons. The van der Waals surface area contributed by atoms with Crippen molar-refractivity contribution < 1.29 is 14.3 Å². The van der Waals surface area contributed by atoms with Gasteiger partial charge in [0, 0.05) is 0 Å². The molecule has 2 amide bonds. The molecule has 1 saturated heterocycles. The van der Waals surface area contributed by atoms with Gasteiger partial charge in [0.15, 0.2) is 0 Å². The third-order valence-corrected chi connectivity index (χ3v) is 5.10. The molecule has 28 heavy (non-hydrogen) atoms. The fourth-order valence-corrected chi connectivity index (χ4v) is 3.51. The molecule has 5 heteroatoms. The van der Waals surface area contributed by atoms with Gasteiger partial charge in [-0.05, 0) is 52.2 Å². The van der Waals surface area contributed by atoms with Crippen LogP contribution in [0.1, 0.15) is 11.1 Å². The van der Waals surface area contributed by atoms with Gasteiger partial charge in [0.25, 0.3) is 11.1 Å². The summed E-state index contributed by atoms with van der Waals surface area (Å²) in [6, 6.07) is 26.0. The average molecular weight is 387 g/mol. The van der Waals surface area contributed by atoms with E-state index in [0.29, 0.717) is 11.5 Å². The number of amides is 2. The highest BCUT2D eigenvalue weighted by Crippen LogP contribution is 2.26. The van der Waals surface area contributed by atoms with Crippen LogP contribution in [0.4, 0.5) is 4.79 Å². The predicted molar refractivity (Wildman–Crippen MR) is 112 cm³/mol. The van der Waals surface area contributed by atoms with E-state index in [-0.39, 0.29) is 11.1 Å². The van der Waals surface area contributed by atoms with Gasteiger partial charge in [0.2, 0.25) is 0 Å². The standard InChI is InChI=1S/C23H17NO3S/c25-22-21(28-23(26)24-22)14-16-8-12-20(13-9-16)27-15-17-6-10-19(11-7-17)18-4-2-1-3-5-18/h1-14H,15H2,(H,24,25,26)/b21-14-. The number of imide groups is 1. The lowest BCUT2D eigenvalue weighted by Crippen LogP contribution is -2.17. The van der Waals surface area contributed by atoms with E-state index in [4.69, 9.17) is 4.74 Å². The molecule has 4 nitrogen and oxygen atoms in total. The van der Waals surface area contributed by atoms with Crippen LogP contribution in [0.5, 0.6) is 5.75 Å². The maximum atomic E-state index is 11.6. The van der Waals surface area contributed by atoms with Crippen LogP contribution in [0.2, 0.25) is 0 Å². The highest BCUT2D eigenvalue weighted by atomic mass is 32.2. The average Bonchev–Trinajstić information content (AvgIpc) is 3.05. The van der Waals surface area contributed by atoms with Crippen molar-refractivity contribution >= 4 is 29.0 Å². The van der Waals surface area contributed by atoms with Crippen LogP contribution in [0.3, 0.4) is 0 Å². The van der Waals surface area contributed by atoms with E-state index in [0.717, 1.165) is 28.6 Å². The summed E-state index contributed by atoms with van der Waals surface area (Å²) >= 11 is 0.910. The fourth-order valence-electron chi connectivity index (χ4n) is 2.82. The van der Waals surface area contributed by atoms with Gasteiger partial charge in [0.05, 0.1) is 4.91 Å². The number of ether oxygens (including phenoxy) is 1. The summed E-state index contributed by atoms with van der Waals surface area (Å²) < 4.78 is 5.84. The monoisotopic (exact) mass is 387 g/mol. The SMILES string of the molecule is O=C1NC(=O)/C(=C/c2ccc(OCc3ccc(-c4ccccc4)cc3)cc2)S1. The number of carbonyl (C=O) groups excluding carboxylic acids is 2. The van der Waals surface area contributed by atoms with Crippen LogP contribution in [0, 0.1) is 0 Å². The Labute approximate surface area is 167 Å². The molecule has 1 N–H and O–H groups in total. The first-order valence-corrected chi connectivity index (χ1v) is 9.61. The van der Waals surface area contributed by atoms with Gasteiger partial charge in [-0.2, -0.15) is 0 Å². The maximum absolute atomic E-state index is 11.6. The molecular weight excluding hydrogens is 370 g/mol. The highest BCUT2D eigenvalue weighted by molar-refractivity contribution is 8.18. The van der Waals surface area contributed by atoms with Gasteiger partial charge < -0.3 is 4.74 Å². The first kappa shape index (κ1) is 18.1. The van der Waals surface area contributed by atoms with E-state index < -0.39 is 0 Å². The topological polar surface area (TPSA) is 55.4 Å². The van der Waals surface area contributed by atoms with Crippen LogP contribution in [-0.2, 0) is 11.4 Å². The van der Waals surface area contributed by atoms with Crippen molar-refractivity contribution in [2.24, 2.45) is 0 Å². The van der Waals surface area contributed by atoms with Crippen LogP contribution >= 0.6 is 11.8 Å². The van der Waals surface area contributed by atoms with Crippen molar-refractivity contribution in [2.45, 2.75) is 6.61 Å². The molecule has 3 aromatic rings. The fraction of sp³-hybridized carbons (Fsp3) is 0.0435. The first-order valence-electron chi connectivity index (χ1n) is 8.79. The van der Waals surface area contributed by atoms with Gasteiger partial charge in [-0.3, -0.25) is 14.9 Å². The van der Waals surface area contributed by atoms with Gasteiger partial charge in [-0.15, -0.1) is 0 Å². The Hall–Kier alpha value is -3.31. The zero-order valence-electron chi connectivity index (χ0n) is 14.9. The minimum atomic E-state index is -0.353. The summed E-state index contributed by atoms with van der Waals surface area (Å²) in [7, 11) is 0. The van der Waals surface area contributed by atoms with E-state index in [1.807, 2.05) is 42.5 Å². The van der Waals surface area contributed by atoms with E-state index in [9.17, 15) is 9.59 Å². The number of hydrogen-bond acceptors (Lipinski definition) is 4. The lowest BCUT2D eigenvalue weighted by Gasteiger charge is -2.08. The Kier molecular flexibility index (Phi) is 5.26. The molecule has 0 unspecified atom stereocenters. The lowest BCUT2D eigenvalue weighted by molar-refractivity contribution is -0.115. The van der Waals surface area contributed by atoms with Crippen LogP contribution in [-0.4, -0.2) is 11.1 Å². The second kappa shape index (κ2) is 8.15. The minimum absolute atomic E-state index is 0.338. The quantitative estimate of drug-likeness (QED) is 0.607. The van der Waals surface area contributed by atoms with E-state index in [1.165, 1.54) is 11.1 Å². The highest BCUT2D eigenvalue weighted by Gasteiger charge is 2.24. The van der Waals surface area contributed by atoms with E-state index in [1.54, 1.807) is 6.08 Å². The number of benzene rings is 3. The summed E-state index contributed by atoms with van der Waals surface area (Å²) in [5.74, 6) is 0.392. The third kappa shape index (κ3) is 4.32. The summed E-state index contributed by atoms with van der Waals surface area (Å²) in [5.41, 5.74) is 4.29. The summed E-state index contributed by atoms with van der Waals surface area (Å²) in [4.78, 5) is 23.2. The van der Waals surface area contributed by atoms with E-state index in [2.05, 4.69) is 41.7 Å². The van der Waals surface area contributed by atoms with Crippen LogP contribution in [0.25, 0.3) is 17.2 Å². The van der Waals surface area contributed by atoms with Gasteiger partial charge in [0.1, 0.15) is 12.4 Å². The van der Waals surface area contributed by atoms with Crippen molar-refractivity contribution in [2.75, 3.05) is 0 Å². The van der Waals surface area contributed by atoms with Crippen LogP contribution < -0.4 is 10.1 Å². The summed E-state index contributed by atoms with van der Waals surface area (Å²) in [6.07, 6.45) is 1.69. The first-order chi connectivity index (χ1) is 13.7. The molecule has 3 aromatic carbocycles. The largest absolute Gasteiger partial charge is 0.489 e. The molecule has 0 atom stereocenters. The lowest BCUT2D eigenvalue weighted by atomic mass is 10.0. The second-order valence-electron chi connectivity index (χ2n) is 6.27. The molecule has 0 aliphatic carbocycles. The number of nitrogens with one attached hydrogen (secondary N) is 1. The normalized spacial score (nSPS) is 14.9. The second-order valence-corrected chi connectivity index (χ2v) is 7.29. The number of rotatable bonds is 5. The molecule has 138 valence electrons. The minimum Gasteiger partial charge on any atom is -0.489 e. The Balaban J connectivity index is 1.37.